The molecule has 2 N–H and O–H groups in total. The molecule has 1 atom stereocenters. The highest BCUT2D eigenvalue weighted by Gasteiger charge is 2.36. The smallest absolute Gasteiger partial charge is 0.419 e. The van der Waals surface area contributed by atoms with Gasteiger partial charge in [0.25, 0.3) is 0 Å². The Balaban J connectivity index is 1.68. The quantitative estimate of drug-likeness (QED) is 0.540. The molecule has 1 aliphatic carbocycles. The minimum atomic E-state index is -4.57. The zero-order valence-electron chi connectivity index (χ0n) is 17.9. The van der Waals surface area contributed by atoms with Crippen LogP contribution in [0.3, 0.4) is 0 Å². The Morgan fingerprint density at radius 1 is 1.19 bits per heavy atom. The molecule has 2 aromatic heterocycles. The van der Waals surface area contributed by atoms with Gasteiger partial charge in [0.15, 0.2) is 5.65 Å². The van der Waals surface area contributed by atoms with Gasteiger partial charge in [0.1, 0.15) is 12.4 Å². The van der Waals surface area contributed by atoms with Gasteiger partial charge in [-0.1, -0.05) is 13.8 Å². The zero-order chi connectivity index (χ0) is 22.4. The van der Waals surface area contributed by atoms with Crippen LogP contribution in [0.2, 0.25) is 0 Å². The third kappa shape index (κ3) is 4.84. The van der Waals surface area contributed by atoms with Gasteiger partial charge in [0, 0.05) is 29.3 Å². The van der Waals surface area contributed by atoms with E-state index in [4.69, 9.17) is 10.5 Å². The van der Waals surface area contributed by atoms with Crippen molar-refractivity contribution in [3.63, 3.8) is 0 Å². The molecule has 0 unspecified atom stereocenters. The molecule has 0 aliphatic heterocycles. The Kier molecular flexibility index (Phi) is 5.45. The number of hydrogen-bond acceptors (Lipinski definition) is 4. The normalized spacial score (nSPS) is 16.6. The molecule has 1 aliphatic rings. The second kappa shape index (κ2) is 7.82. The first kappa shape index (κ1) is 21.6. The van der Waals surface area contributed by atoms with Crippen molar-refractivity contribution in [3.8, 4) is 17.0 Å². The molecule has 31 heavy (non-hydrogen) atoms. The Hall–Kier alpha value is -2.61. The van der Waals surface area contributed by atoms with Crippen LogP contribution >= 0.6 is 0 Å². The summed E-state index contributed by atoms with van der Waals surface area (Å²) in [5, 5.41) is 4.59. The fourth-order valence-corrected chi connectivity index (χ4v) is 3.98. The maximum Gasteiger partial charge on any atom is 0.419 e. The first-order valence-corrected chi connectivity index (χ1v) is 10.5. The van der Waals surface area contributed by atoms with Gasteiger partial charge in [-0.15, -0.1) is 0 Å². The molecular weight excluding hydrogens is 405 g/mol. The number of rotatable bonds is 7. The second-order valence-electron chi connectivity index (χ2n) is 9.19. The van der Waals surface area contributed by atoms with E-state index in [2.05, 4.69) is 10.1 Å². The van der Waals surface area contributed by atoms with Crippen LogP contribution in [0.5, 0.6) is 5.75 Å². The average molecular weight is 432 g/mol. The Bertz CT molecular complexity index is 1080. The molecule has 0 saturated heterocycles. The predicted molar refractivity (Wildman–Crippen MR) is 113 cm³/mol. The molecule has 8 heteroatoms. The number of benzene rings is 1. The van der Waals surface area contributed by atoms with E-state index < -0.39 is 17.3 Å². The fraction of sp³-hybridized carbons (Fsp3) is 0.478. The third-order valence-electron chi connectivity index (χ3n) is 5.39. The van der Waals surface area contributed by atoms with Crippen LogP contribution in [-0.4, -0.2) is 26.7 Å². The highest BCUT2D eigenvalue weighted by atomic mass is 19.4. The first-order valence-electron chi connectivity index (χ1n) is 10.5. The van der Waals surface area contributed by atoms with Gasteiger partial charge >= 0.3 is 6.18 Å². The van der Waals surface area contributed by atoms with Crippen LogP contribution < -0.4 is 10.5 Å². The second-order valence-corrected chi connectivity index (χ2v) is 9.19. The van der Waals surface area contributed by atoms with E-state index in [1.165, 1.54) is 6.07 Å². The number of alkyl halides is 3. The largest absolute Gasteiger partial charge is 0.491 e. The summed E-state index contributed by atoms with van der Waals surface area (Å²) in [7, 11) is 0. The first-order chi connectivity index (χ1) is 14.5. The molecule has 0 amide bonds. The molecule has 1 fully saturated rings. The Morgan fingerprint density at radius 3 is 2.58 bits per heavy atom. The van der Waals surface area contributed by atoms with Crippen molar-refractivity contribution >= 4 is 5.65 Å². The summed E-state index contributed by atoms with van der Waals surface area (Å²) < 4.78 is 48.8. The van der Waals surface area contributed by atoms with E-state index in [0.717, 1.165) is 24.6 Å². The van der Waals surface area contributed by atoms with E-state index >= 15 is 0 Å². The third-order valence-corrected chi connectivity index (χ3v) is 5.39. The van der Waals surface area contributed by atoms with Gasteiger partial charge in [0.2, 0.25) is 0 Å². The summed E-state index contributed by atoms with van der Waals surface area (Å²) in [5.41, 5.74) is 7.18. The summed E-state index contributed by atoms with van der Waals surface area (Å²) in [4.78, 5) is 4.31. The molecule has 4 rings (SSSR count). The van der Waals surface area contributed by atoms with Gasteiger partial charge < -0.3 is 10.5 Å². The summed E-state index contributed by atoms with van der Waals surface area (Å²) >= 11 is 0. The molecule has 0 radical (unpaired) electrons. The van der Waals surface area contributed by atoms with Crippen molar-refractivity contribution in [1.29, 1.82) is 0 Å². The van der Waals surface area contributed by atoms with Crippen molar-refractivity contribution in [2.45, 2.75) is 57.7 Å². The van der Waals surface area contributed by atoms with Crippen LogP contribution in [0, 0.1) is 5.92 Å². The zero-order valence-corrected chi connectivity index (χ0v) is 17.9. The highest BCUT2D eigenvalue weighted by molar-refractivity contribution is 5.65. The van der Waals surface area contributed by atoms with Crippen LogP contribution in [0.15, 0.2) is 36.5 Å². The van der Waals surface area contributed by atoms with Crippen molar-refractivity contribution in [3.05, 3.63) is 47.8 Å². The molecule has 1 aromatic carbocycles. The molecule has 166 valence electrons. The monoisotopic (exact) mass is 432 g/mol. The molecule has 5 nitrogen and oxygen atoms in total. The maximum atomic E-state index is 13.9. The lowest BCUT2D eigenvalue weighted by Crippen LogP contribution is -2.43. The van der Waals surface area contributed by atoms with Gasteiger partial charge in [-0.2, -0.15) is 18.3 Å². The molecular formula is C23H27F3N4O. The van der Waals surface area contributed by atoms with E-state index in [1.54, 1.807) is 29.8 Å². The average Bonchev–Trinajstić information content (AvgIpc) is 3.43. The molecule has 0 spiro atoms. The summed E-state index contributed by atoms with van der Waals surface area (Å²) in [6, 6.07) is 7.67. The minimum Gasteiger partial charge on any atom is -0.491 e. The van der Waals surface area contributed by atoms with Crippen molar-refractivity contribution in [1.82, 2.24) is 14.6 Å². The number of fused-ring (bicyclic) bond motifs is 1. The lowest BCUT2D eigenvalue weighted by atomic mass is 9.93. The summed E-state index contributed by atoms with van der Waals surface area (Å²) in [6.07, 6.45) is -0.166. The van der Waals surface area contributed by atoms with E-state index in [9.17, 15) is 13.2 Å². The Labute approximate surface area is 179 Å². The topological polar surface area (TPSA) is 65.4 Å². The van der Waals surface area contributed by atoms with Gasteiger partial charge in [-0.25, -0.2) is 9.50 Å². The van der Waals surface area contributed by atoms with Gasteiger partial charge in [-0.3, -0.25) is 0 Å². The van der Waals surface area contributed by atoms with Crippen molar-refractivity contribution < 1.29 is 17.9 Å². The van der Waals surface area contributed by atoms with Crippen molar-refractivity contribution in [2.24, 2.45) is 11.7 Å². The number of halogens is 3. The minimum absolute atomic E-state index is 0.00296. The maximum absolute atomic E-state index is 13.9. The summed E-state index contributed by atoms with van der Waals surface area (Å²) in [6.45, 7) is 5.81. The van der Waals surface area contributed by atoms with Crippen molar-refractivity contribution in [2.75, 3.05) is 6.61 Å². The van der Waals surface area contributed by atoms with Crippen LogP contribution in [-0.2, 0) is 6.18 Å². The predicted octanol–water partition coefficient (Wildman–Crippen LogP) is 5.43. The highest BCUT2D eigenvalue weighted by Crippen LogP contribution is 2.41. The molecule has 0 bridgehead atoms. The summed E-state index contributed by atoms with van der Waals surface area (Å²) in [5.74, 6) is 0.514. The lowest BCUT2D eigenvalue weighted by molar-refractivity contribution is -0.139. The van der Waals surface area contributed by atoms with Crippen LogP contribution in [0.25, 0.3) is 16.9 Å². The fourth-order valence-electron chi connectivity index (χ4n) is 3.98. The SMILES string of the molecule is CC(C)C[C@](C)(N)COc1ccc(-c2ccnc3cc(C4CC4)nn23)cc1C(F)(F)F. The molecule has 2 heterocycles. The van der Waals surface area contributed by atoms with E-state index in [0.29, 0.717) is 35.2 Å². The van der Waals surface area contributed by atoms with E-state index in [-0.39, 0.29) is 12.4 Å². The molecule has 1 saturated carbocycles. The number of ether oxygens (including phenoxy) is 1. The standard InChI is InChI=1S/C23H27F3N4O/c1-14(2)12-22(3,27)13-31-20-7-6-16(10-17(20)23(24,25)26)19-8-9-28-21-11-18(15-4-5-15)29-30(19)21/h6-11,14-15H,4-5,12-13,27H2,1-3H3/t22-/m0/s1. The number of nitrogens with zero attached hydrogens (tertiary/aromatic N) is 3. The van der Waals surface area contributed by atoms with Gasteiger partial charge in [0.05, 0.1) is 17.0 Å². The van der Waals surface area contributed by atoms with Gasteiger partial charge in [-0.05, 0) is 56.4 Å². The van der Waals surface area contributed by atoms with Crippen LogP contribution in [0.4, 0.5) is 13.2 Å². The number of hydrogen-bond donors (Lipinski definition) is 1. The lowest BCUT2D eigenvalue weighted by Gasteiger charge is -2.27. The Morgan fingerprint density at radius 2 is 1.94 bits per heavy atom. The molecule has 3 aromatic rings. The number of nitrogens with two attached hydrogens (primary N) is 1. The van der Waals surface area contributed by atoms with E-state index in [1.807, 2.05) is 19.9 Å². The van der Waals surface area contributed by atoms with Crippen LogP contribution in [0.1, 0.15) is 57.2 Å². The number of aromatic nitrogens is 3.